The quantitative estimate of drug-likeness (QED) is 0.304. The summed E-state index contributed by atoms with van der Waals surface area (Å²) in [6, 6.07) is 21.4. The van der Waals surface area contributed by atoms with Crippen LogP contribution in [0.25, 0.3) is 10.8 Å². The number of benzene rings is 3. The zero-order chi connectivity index (χ0) is 25.8. The number of rotatable bonds is 7. The van der Waals surface area contributed by atoms with E-state index in [4.69, 9.17) is 5.73 Å². The maximum atomic E-state index is 13.4. The highest BCUT2D eigenvalue weighted by molar-refractivity contribution is 6.01. The van der Waals surface area contributed by atoms with Crippen LogP contribution >= 0.6 is 0 Å². The topological polar surface area (TPSA) is 121 Å². The van der Waals surface area contributed by atoms with E-state index in [2.05, 4.69) is 20.5 Å². The van der Waals surface area contributed by atoms with Crippen molar-refractivity contribution in [2.24, 2.45) is 0 Å². The molecule has 188 valence electrons. The first-order valence-electron chi connectivity index (χ1n) is 12.4. The lowest BCUT2D eigenvalue weighted by Crippen LogP contribution is -2.34. The van der Waals surface area contributed by atoms with Crippen LogP contribution in [0.5, 0.6) is 5.75 Å². The number of aromatic hydroxyl groups is 1. The number of fused-ring (bicyclic) bond motifs is 1. The van der Waals surface area contributed by atoms with E-state index in [0.29, 0.717) is 22.6 Å². The summed E-state index contributed by atoms with van der Waals surface area (Å²) < 4.78 is 0. The average Bonchev–Trinajstić information content (AvgIpc) is 3.45. The monoisotopic (exact) mass is 495 g/mol. The van der Waals surface area contributed by atoms with Crippen LogP contribution in [0.3, 0.4) is 0 Å². The summed E-state index contributed by atoms with van der Waals surface area (Å²) in [6.07, 6.45) is 4.00. The molecule has 1 fully saturated rings. The summed E-state index contributed by atoms with van der Waals surface area (Å²) in [7, 11) is 0. The van der Waals surface area contributed by atoms with Crippen molar-refractivity contribution < 1.29 is 14.7 Å². The van der Waals surface area contributed by atoms with Crippen molar-refractivity contribution in [2.45, 2.75) is 18.8 Å². The predicted octanol–water partition coefficient (Wildman–Crippen LogP) is 4.28. The SMILES string of the molecule is Nc1nccc2ccc(NC(=O)C(CNC(=O)c3ccc(N4CCCC4)cc3)c3ccccc3O)cc12. The molecule has 0 radical (unpaired) electrons. The number of nitrogens with one attached hydrogen (secondary N) is 2. The Balaban J connectivity index is 1.33. The van der Waals surface area contributed by atoms with Crippen LogP contribution in [0.15, 0.2) is 79.0 Å². The highest BCUT2D eigenvalue weighted by Crippen LogP contribution is 2.28. The first-order chi connectivity index (χ1) is 18.0. The summed E-state index contributed by atoms with van der Waals surface area (Å²) >= 11 is 0. The van der Waals surface area contributed by atoms with E-state index in [-0.39, 0.29) is 24.1 Å². The largest absolute Gasteiger partial charge is 0.508 e. The third-order valence-corrected chi connectivity index (χ3v) is 6.76. The zero-order valence-corrected chi connectivity index (χ0v) is 20.4. The number of aromatic nitrogens is 1. The van der Waals surface area contributed by atoms with E-state index in [1.807, 2.05) is 24.3 Å². The number of phenolic OH excluding ortho intramolecular Hbond substituents is 1. The molecule has 3 aromatic carbocycles. The number of nitrogen functional groups attached to an aromatic ring is 1. The third-order valence-electron chi connectivity index (χ3n) is 6.76. The second kappa shape index (κ2) is 10.6. The van der Waals surface area contributed by atoms with Crippen LogP contribution in [0.4, 0.5) is 17.2 Å². The second-order valence-corrected chi connectivity index (χ2v) is 9.18. The van der Waals surface area contributed by atoms with Gasteiger partial charge in [0.05, 0.1) is 5.92 Å². The van der Waals surface area contributed by atoms with Gasteiger partial charge in [-0.1, -0.05) is 24.3 Å². The van der Waals surface area contributed by atoms with Crippen LogP contribution in [-0.2, 0) is 4.79 Å². The molecular formula is C29H29N5O3. The molecule has 1 saturated heterocycles. The van der Waals surface area contributed by atoms with Gasteiger partial charge in [-0.25, -0.2) is 4.98 Å². The zero-order valence-electron chi connectivity index (χ0n) is 20.4. The fourth-order valence-corrected chi connectivity index (χ4v) is 4.72. The van der Waals surface area contributed by atoms with Gasteiger partial charge in [-0.3, -0.25) is 9.59 Å². The molecule has 1 atom stereocenters. The summed E-state index contributed by atoms with van der Waals surface area (Å²) in [5, 5.41) is 17.9. The average molecular weight is 496 g/mol. The molecule has 0 spiro atoms. The fourth-order valence-electron chi connectivity index (χ4n) is 4.72. The Hall–Kier alpha value is -4.59. The molecule has 5 N–H and O–H groups in total. The third kappa shape index (κ3) is 5.33. The van der Waals surface area contributed by atoms with Gasteiger partial charge >= 0.3 is 0 Å². The number of anilines is 3. The highest BCUT2D eigenvalue weighted by atomic mass is 16.3. The highest BCUT2D eigenvalue weighted by Gasteiger charge is 2.25. The first kappa shape index (κ1) is 24.1. The Morgan fingerprint density at radius 3 is 2.51 bits per heavy atom. The number of carbonyl (C=O) groups excluding carboxylic acids is 2. The lowest BCUT2D eigenvalue weighted by molar-refractivity contribution is -0.117. The molecule has 1 aromatic heterocycles. The van der Waals surface area contributed by atoms with Crippen molar-refractivity contribution >= 4 is 39.8 Å². The molecule has 37 heavy (non-hydrogen) atoms. The summed E-state index contributed by atoms with van der Waals surface area (Å²) in [4.78, 5) is 32.7. The molecule has 0 saturated carbocycles. The summed E-state index contributed by atoms with van der Waals surface area (Å²) in [6.45, 7) is 2.07. The number of phenols is 1. The Morgan fingerprint density at radius 2 is 1.76 bits per heavy atom. The van der Waals surface area contributed by atoms with Crippen LogP contribution in [0.1, 0.15) is 34.7 Å². The standard InChI is InChI=1S/C29H29N5O3/c30-27-24-17-21(10-7-19(24)13-14-31-27)33-29(37)25(23-5-1-2-6-26(23)35)18-32-28(36)20-8-11-22(12-9-20)34-15-3-4-16-34/h1-2,5-14,17,25,35H,3-4,15-16,18H2,(H2,30,31)(H,32,36)(H,33,37). The molecule has 0 aliphatic carbocycles. The minimum Gasteiger partial charge on any atom is -0.508 e. The Labute approximate surface area is 215 Å². The Kier molecular flexibility index (Phi) is 6.89. The van der Waals surface area contributed by atoms with E-state index in [1.54, 1.807) is 48.7 Å². The van der Waals surface area contributed by atoms with Gasteiger partial charge in [0.2, 0.25) is 5.91 Å². The van der Waals surface area contributed by atoms with E-state index < -0.39 is 5.92 Å². The van der Waals surface area contributed by atoms with Gasteiger partial charge in [-0.2, -0.15) is 0 Å². The van der Waals surface area contributed by atoms with Crippen molar-refractivity contribution in [3.8, 4) is 5.75 Å². The number of hydrogen-bond donors (Lipinski definition) is 4. The van der Waals surface area contributed by atoms with Crippen LogP contribution in [0.2, 0.25) is 0 Å². The van der Waals surface area contributed by atoms with E-state index >= 15 is 0 Å². The number of hydrogen-bond acceptors (Lipinski definition) is 6. The molecule has 8 heteroatoms. The van der Waals surface area contributed by atoms with Gasteiger partial charge < -0.3 is 26.4 Å². The number of nitrogens with two attached hydrogens (primary N) is 1. The van der Waals surface area contributed by atoms with Crippen molar-refractivity contribution in [3.05, 3.63) is 90.1 Å². The van der Waals surface area contributed by atoms with Crippen molar-refractivity contribution in [1.29, 1.82) is 0 Å². The van der Waals surface area contributed by atoms with E-state index in [9.17, 15) is 14.7 Å². The summed E-state index contributed by atoms with van der Waals surface area (Å²) in [5.41, 5.74) is 8.58. The van der Waals surface area contributed by atoms with Crippen molar-refractivity contribution in [3.63, 3.8) is 0 Å². The number of amides is 2. The van der Waals surface area contributed by atoms with E-state index in [0.717, 1.165) is 29.5 Å². The molecule has 8 nitrogen and oxygen atoms in total. The second-order valence-electron chi connectivity index (χ2n) is 9.18. The fraction of sp³-hybridized carbons (Fsp3) is 0.207. The predicted molar refractivity (Wildman–Crippen MR) is 146 cm³/mol. The number of pyridine rings is 1. The van der Waals surface area contributed by atoms with Gasteiger partial charge in [0.25, 0.3) is 5.91 Å². The Morgan fingerprint density at radius 1 is 1.00 bits per heavy atom. The van der Waals surface area contributed by atoms with Gasteiger partial charge in [-0.05, 0) is 66.8 Å². The molecule has 1 aliphatic heterocycles. The van der Waals surface area contributed by atoms with Crippen LogP contribution in [0, 0.1) is 0 Å². The molecule has 5 rings (SSSR count). The van der Waals surface area contributed by atoms with Crippen molar-refractivity contribution in [1.82, 2.24) is 10.3 Å². The van der Waals surface area contributed by atoms with Gasteiger partial charge in [-0.15, -0.1) is 0 Å². The maximum Gasteiger partial charge on any atom is 0.251 e. The summed E-state index contributed by atoms with van der Waals surface area (Å²) in [5.74, 6) is -1.12. The molecule has 2 amide bonds. The number of carbonyl (C=O) groups is 2. The number of nitrogens with zero attached hydrogens (tertiary/aromatic N) is 2. The molecule has 4 aromatic rings. The van der Waals surface area contributed by atoms with Crippen molar-refractivity contribution in [2.75, 3.05) is 35.6 Å². The molecule has 2 heterocycles. The minimum absolute atomic E-state index is 0.00733. The first-order valence-corrected chi connectivity index (χ1v) is 12.4. The van der Waals surface area contributed by atoms with Crippen LogP contribution in [-0.4, -0.2) is 41.5 Å². The molecular weight excluding hydrogens is 466 g/mol. The minimum atomic E-state index is -0.823. The van der Waals surface area contributed by atoms with E-state index in [1.165, 1.54) is 18.9 Å². The normalized spacial score (nSPS) is 13.9. The molecule has 1 aliphatic rings. The lowest BCUT2D eigenvalue weighted by Gasteiger charge is -2.20. The maximum absolute atomic E-state index is 13.4. The van der Waals surface area contributed by atoms with Gasteiger partial charge in [0.15, 0.2) is 0 Å². The number of para-hydroxylation sites is 1. The van der Waals surface area contributed by atoms with Crippen LogP contribution < -0.4 is 21.3 Å². The smallest absolute Gasteiger partial charge is 0.251 e. The Bertz CT molecular complexity index is 1430. The van der Waals surface area contributed by atoms with Gasteiger partial charge in [0.1, 0.15) is 11.6 Å². The van der Waals surface area contributed by atoms with Gasteiger partial charge in [0, 0.05) is 53.7 Å². The molecule has 0 bridgehead atoms. The molecule has 1 unspecified atom stereocenters. The lowest BCUT2D eigenvalue weighted by atomic mass is 9.96.